The smallest absolute Gasteiger partial charge is 0.334 e. The quantitative estimate of drug-likeness (QED) is 0.796. The highest BCUT2D eigenvalue weighted by atomic mass is 16.5. The topological polar surface area (TPSA) is 49.8 Å². The Morgan fingerprint density at radius 3 is 2.88 bits per heavy atom. The predicted molar refractivity (Wildman–Crippen MR) is 65.0 cm³/mol. The molecule has 4 heteroatoms. The van der Waals surface area contributed by atoms with Gasteiger partial charge in [0.1, 0.15) is 0 Å². The summed E-state index contributed by atoms with van der Waals surface area (Å²) in [5.74, 6) is -0.0223. The van der Waals surface area contributed by atoms with Crippen LogP contribution in [-0.2, 0) is 9.53 Å². The van der Waals surface area contributed by atoms with Crippen LogP contribution in [0.3, 0.4) is 0 Å². The Bertz CT molecular complexity index is 269. The standard InChI is InChI=1S/C13H23NO3/c1-2-17-12(13(15)16)9-14-8-7-10-5-3-4-6-11(10)14/h10-12H,2-9H2,1H3,(H,15,16). The molecular weight excluding hydrogens is 218 g/mol. The van der Waals surface area contributed by atoms with Gasteiger partial charge in [0.2, 0.25) is 0 Å². The zero-order chi connectivity index (χ0) is 12.3. The van der Waals surface area contributed by atoms with Crippen LogP contribution in [0.25, 0.3) is 0 Å². The van der Waals surface area contributed by atoms with E-state index in [0.717, 1.165) is 12.5 Å². The molecule has 1 saturated carbocycles. The lowest BCUT2D eigenvalue weighted by molar-refractivity contribution is -0.151. The van der Waals surface area contributed by atoms with Gasteiger partial charge in [0, 0.05) is 19.2 Å². The second kappa shape index (κ2) is 5.83. The molecule has 3 atom stereocenters. The maximum Gasteiger partial charge on any atom is 0.334 e. The fourth-order valence-electron chi connectivity index (χ4n) is 3.35. The molecule has 0 aromatic carbocycles. The van der Waals surface area contributed by atoms with E-state index in [0.29, 0.717) is 19.2 Å². The molecular formula is C13H23NO3. The van der Waals surface area contributed by atoms with Crippen molar-refractivity contribution in [3.05, 3.63) is 0 Å². The SMILES string of the molecule is CCOC(CN1CCC2CCCCC21)C(=O)O. The molecule has 3 unspecified atom stereocenters. The summed E-state index contributed by atoms with van der Waals surface area (Å²) >= 11 is 0. The van der Waals surface area contributed by atoms with E-state index in [4.69, 9.17) is 9.84 Å². The Hall–Kier alpha value is -0.610. The Labute approximate surface area is 103 Å². The summed E-state index contributed by atoms with van der Waals surface area (Å²) in [4.78, 5) is 13.4. The number of ether oxygens (including phenoxy) is 1. The minimum atomic E-state index is -0.828. The first-order chi connectivity index (χ1) is 8.22. The summed E-state index contributed by atoms with van der Waals surface area (Å²) < 4.78 is 5.30. The molecule has 0 radical (unpaired) electrons. The monoisotopic (exact) mass is 241 g/mol. The van der Waals surface area contributed by atoms with Crippen molar-refractivity contribution >= 4 is 5.97 Å². The van der Waals surface area contributed by atoms with Gasteiger partial charge in [-0.15, -0.1) is 0 Å². The average molecular weight is 241 g/mol. The Morgan fingerprint density at radius 2 is 2.18 bits per heavy atom. The summed E-state index contributed by atoms with van der Waals surface area (Å²) in [5.41, 5.74) is 0. The van der Waals surface area contributed by atoms with E-state index in [1.807, 2.05) is 6.92 Å². The third kappa shape index (κ3) is 2.99. The van der Waals surface area contributed by atoms with Gasteiger partial charge in [-0.2, -0.15) is 0 Å². The van der Waals surface area contributed by atoms with E-state index in [1.54, 1.807) is 0 Å². The highest BCUT2D eigenvalue weighted by Crippen LogP contribution is 2.36. The van der Waals surface area contributed by atoms with Gasteiger partial charge in [0.05, 0.1) is 0 Å². The fraction of sp³-hybridized carbons (Fsp3) is 0.923. The normalized spacial score (nSPS) is 31.1. The number of hydrogen-bond donors (Lipinski definition) is 1. The Kier molecular flexibility index (Phi) is 4.40. The number of nitrogens with zero attached hydrogens (tertiary/aromatic N) is 1. The lowest BCUT2D eigenvalue weighted by Gasteiger charge is -2.32. The molecule has 0 aromatic rings. The summed E-state index contributed by atoms with van der Waals surface area (Å²) in [6.45, 7) is 3.93. The van der Waals surface area contributed by atoms with Gasteiger partial charge >= 0.3 is 5.97 Å². The van der Waals surface area contributed by atoms with E-state index in [9.17, 15) is 4.79 Å². The molecule has 2 aliphatic rings. The molecule has 1 N–H and O–H groups in total. The number of hydrogen-bond acceptors (Lipinski definition) is 3. The molecule has 17 heavy (non-hydrogen) atoms. The molecule has 1 heterocycles. The van der Waals surface area contributed by atoms with Gasteiger partial charge in [-0.05, 0) is 38.6 Å². The number of carbonyl (C=O) groups is 1. The second-order valence-corrected chi connectivity index (χ2v) is 5.18. The summed E-state index contributed by atoms with van der Waals surface area (Å²) in [7, 11) is 0. The van der Waals surface area contributed by atoms with Gasteiger partial charge in [-0.25, -0.2) is 4.79 Å². The van der Waals surface area contributed by atoms with Crippen molar-refractivity contribution in [1.82, 2.24) is 4.90 Å². The minimum Gasteiger partial charge on any atom is -0.479 e. The lowest BCUT2D eigenvalue weighted by Crippen LogP contribution is -2.43. The van der Waals surface area contributed by atoms with Gasteiger partial charge in [-0.3, -0.25) is 4.90 Å². The van der Waals surface area contributed by atoms with Crippen LogP contribution in [-0.4, -0.2) is 47.8 Å². The first-order valence-electron chi connectivity index (χ1n) is 6.80. The average Bonchev–Trinajstić information content (AvgIpc) is 2.72. The Morgan fingerprint density at radius 1 is 1.41 bits per heavy atom. The number of fused-ring (bicyclic) bond motifs is 1. The van der Waals surface area contributed by atoms with Crippen LogP contribution in [0.5, 0.6) is 0 Å². The van der Waals surface area contributed by atoms with Crippen LogP contribution in [0.15, 0.2) is 0 Å². The van der Waals surface area contributed by atoms with E-state index in [-0.39, 0.29) is 0 Å². The molecule has 1 saturated heterocycles. The van der Waals surface area contributed by atoms with Crippen LogP contribution in [0.4, 0.5) is 0 Å². The number of rotatable bonds is 5. The largest absolute Gasteiger partial charge is 0.479 e. The molecule has 0 bridgehead atoms. The number of carboxylic acids is 1. The molecule has 2 fully saturated rings. The summed E-state index contributed by atoms with van der Waals surface area (Å²) in [6.07, 6.45) is 5.80. The van der Waals surface area contributed by atoms with Crippen molar-refractivity contribution < 1.29 is 14.6 Å². The van der Waals surface area contributed by atoms with Crippen molar-refractivity contribution in [2.24, 2.45) is 5.92 Å². The number of carboxylic acid groups (broad SMARTS) is 1. The first-order valence-corrected chi connectivity index (χ1v) is 6.80. The third-order valence-corrected chi connectivity index (χ3v) is 4.17. The first kappa shape index (κ1) is 12.8. The molecule has 1 aliphatic carbocycles. The second-order valence-electron chi connectivity index (χ2n) is 5.18. The van der Waals surface area contributed by atoms with E-state index in [1.165, 1.54) is 32.1 Å². The minimum absolute atomic E-state index is 0.471. The lowest BCUT2D eigenvalue weighted by atomic mass is 9.85. The molecule has 98 valence electrons. The van der Waals surface area contributed by atoms with Crippen molar-refractivity contribution in [2.75, 3.05) is 19.7 Å². The maximum atomic E-state index is 11.1. The highest BCUT2D eigenvalue weighted by molar-refractivity contribution is 5.72. The zero-order valence-electron chi connectivity index (χ0n) is 10.6. The molecule has 0 aromatic heterocycles. The molecule has 1 aliphatic heterocycles. The number of aliphatic carboxylic acids is 1. The van der Waals surface area contributed by atoms with E-state index in [2.05, 4.69) is 4.90 Å². The molecule has 0 spiro atoms. The van der Waals surface area contributed by atoms with Gasteiger partial charge in [-0.1, -0.05) is 12.8 Å². The van der Waals surface area contributed by atoms with E-state index >= 15 is 0 Å². The van der Waals surface area contributed by atoms with Crippen LogP contribution < -0.4 is 0 Å². The van der Waals surface area contributed by atoms with Crippen LogP contribution in [0, 0.1) is 5.92 Å². The highest BCUT2D eigenvalue weighted by Gasteiger charge is 2.37. The van der Waals surface area contributed by atoms with Crippen molar-refractivity contribution in [3.63, 3.8) is 0 Å². The van der Waals surface area contributed by atoms with Crippen LogP contribution in [0.1, 0.15) is 39.0 Å². The van der Waals surface area contributed by atoms with E-state index < -0.39 is 12.1 Å². The fourth-order valence-corrected chi connectivity index (χ4v) is 3.35. The van der Waals surface area contributed by atoms with Crippen molar-refractivity contribution in [1.29, 1.82) is 0 Å². The predicted octanol–water partition coefficient (Wildman–Crippen LogP) is 1.74. The number of likely N-dealkylation sites (tertiary alicyclic amines) is 1. The molecule has 4 nitrogen and oxygen atoms in total. The zero-order valence-corrected chi connectivity index (χ0v) is 10.6. The summed E-state index contributed by atoms with van der Waals surface area (Å²) in [6, 6.07) is 0.617. The van der Waals surface area contributed by atoms with Gasteiger partial charge < -0.3 is 9.84 Å². The van der Waals surface area contributed by atoms with Gasteiger partial charge in [0.15, 0.2) is 6.10 Å². The third-order valence-electron chi connectivity index (χ3n) is 4.17. The van der Waals surface area contributed by atoms with Crippen LogP contribution >= 0.6 is 0 Å². The van der Waals surface area contributed by atoms with Gasteiger partial charge in [0.25, 0.3) is 0 Å². The van der Waals surface area contributed by atoms with Crippen LogP contribution in [0.2, 0.25) is 0 Å². The van der Waals surface area contributed by atoms with Crippen molar-refractivity contribution in [3.8, 4) is 0 Å². The maximum absolute atomic E-state index is 11.1. The molecule has 2 rings (SSSR count). The summed E-state index contributed by atoms with van der Waals surface area (Å²) in [5, 5.41) is 9.11. The van der Waals surface area contributed by atoms with Crippen molar-refractivity contribution in [2.45, 2.75) is 51.2 Å². The Balaban J connectivity index is 1.91. The molecule has 0 amide bonds.